The van der Waals surface area contributed by atoms with Crippen LogP contribution in [0.4, 0.5) is 27.2 Å². The van der Waals surface area contributed by atoms with Gasteiger partial charge in [-0.2, -0.15) is 0 Å². The van der Waals surface area contributed by atoms with Gasteiger partial charge in [0.25, 0.3) is 5.91 Å². The third-order valence-corrected chi connectivity index (χ3v) is 4.20. The maximum Gasteiger partial charge on any atom is 0.256 e. The first-order valence-electron chi connectivity index (χ1n) is 7.77. The number of nitrogen functional groups attached to an aromatic ring is 1. The number of aromatic nitrogens is 1. The molecule has 2 amide bonds. The Morgan fingerprint density at radius 3 is 2.27 bits per heavy atom. The molecule has 8 heteroatoms. The average molecular weight is 367 g/mol. The molecule has 0 radical (unpaired) electrons. The summed E-state index contributed by atoms with van der Waals surface area (Å²) in [4.78, 5) is 27.6. The minimum absolute atomic E-state index is 0.159. The zero-order chi connectivity index (χ0) is 18.5. The highest BCUT2D eigenvalue weighted by molar-refractivity contribution is 7.19. The molecule has 0 atom stereocenters. The summed E-state index contributed by atoms with van der Waals surface area (Å²) in [6.07, 6.45) is 1.59. The number of hydrogen-bond acceptors (Lipinski definition) is 6. The molecule has 0 aliphatic carbocycles. The lowest BCUT2D eigenvalue weighted by Crippen LogP contribution is -2.11. The maximum atomic E-state index is 12.3. The predicted molar refractivity (Wildman–Crippen MR) is 105 cm³/mol. The highest BCUT2D eigenvalue weighted by Gasteiger charge is 2.09. The highest BCUT2D eigenvalue weighted by atomic mass is 32.1. The molecule has 3 aromatic rings. The van der Waals surface area contributed by atoms with Gasteiger partial charge in [0.1, 0.15) is 5.00 Å². The second kappa shape index (κ2) is 7.66. The Bertz CT molecular complexity index is 920. The van der Waals surface area contributed by atoms with Gasteiger partial charge in [0, 0.05) is 29.5 Å². The molecule has 7 nitrogen and oxygen atoms in total. The number of hydrogen-bond donors (Lipinski definition) is 4. The lowest BCUT2D eigenvalue weighted by Gasteiger charge is -2.05. The Morgan fingerprint density at radius 2 is 1.62 bits per heavy atom. The molecule has 1 heterocycles. The van der Waals surface area contributed by atoms with Crippen LogP contribution in [-0.4, -0.2) is 16.8 Å². The normalized spacial score (nSPS) is 10.2. The zero-order valence-corrected chi connectivity index (χ0v) is 14.8. The molecule has 0 aliphatic heterocycles. The monoisotopic (exact) mass is 367 g/mol. The molecule has 0 fully saturated rings. The van der Waals surface area contributed by atoms with E-state index in [9.17, 15) is 9.59 Å². The fraction of sp³-hybridized carbons (Fsp3) is 0.0556. The van der Waals surface area contributed by atoms with E-state index in [2.05, 4.69) is 20.9 Å². The van der Waals surface area contributed by atoms with Crippen LogP contribution in [0.5, 0.6) is 0 Å². The molecule has 132 valence electrons. The van der Waals surface area contributed by atoms with Crippen molar-refractivity contribution in [1.82, 2.24) is 4.98 Å². The van der Waals surface area contributed by atoms with Crippen molar-refractivity contribution >= 4 is 50.3 Å². The molecular formula is C18H17N5O2S. The first-order chi connectivity index (χ1) is 12.5. The SMILES string of the molecule is CC(=O)Nc1ccc(C(=O)Nc2cnc(Nc3ccc(N)cc3)s2)cc1. The summed E-state index contributed by atoms with van der Waals surface area (Å²) in [5.74, 6) is -0.407. The maximum absolute atomic E-state index is 12.3. The van der Waals surface area contributed by atoms with Crippen LogP contribution in [0.3, 0.4) is 0 Å². The lowest BCUT2D eigenvalue weighted by molar-refractivity contribution is -0.114. The number of amides is 2. The summed E-state index contributed by atoms with van der Waals surface area (Å²) in [5, 5.41) is 9.89. The topological polar surface area (TPSA) is 109 Å². The molecule has 0 spiro atoms. The van der Waals surface area contributed by atoms with E-state index < -0.39 is 0 Å². The minimum atomic E-state index is -0.248. The standard InChI is InChI=1S/C18H17N5O2S/c1-11(24)21-14-6-2-12(3-7-14)17(25)23-16-10-20-18(26-16)22-15-8-4-13(19)5-9-15/h2-10H,19H2,1H3,(H,20,22)(H,21,24)(H,23,25). The Morgan fingerprint density at radius 1 is 0.962 bits per heavy atom. The van der Waals surface area contributed by atoms with Gasteiger partial charge in [0.15, 0.2) is 5.13 Å². The van der Waals surface area contributed by atoms with Gasteiger partial charge in [0.05, 0.1) is 6.20 Å². The lowest BCUT2D eigenvalue weighted by atomic mass is 10.2. The average Bonchev–Trinajstić information content (AvgIpc) is 3.04. The number of benzene rings is 2. The molecule has 0 saturated carbocycles. The molecule has 5 N–H and O–H groups in total. The zero-order valence-electron chi connectivity index (χ0n) is 13.9. The van der Waals surface area contributed by atoms with Crippen LogP contribution in [0.15, 0.2) is 54.7 Å². The van der Waals surface area contributed by atoms with Gasteiger partial charge >= 0.3 is 0 Å². The minimum Gasteiger partial charge on any atom is -0.399 e. The first kappa shape index (κ1) is 17.4. The summed E-state index contributed by atoms with van der Waals surface area (Å²) in [5.41, 5.74) is 8.33. The molecule has 0 saturated heterocycles. The van der Waals surface area contributed by atoms with Crippen molar-refractivity contribution in [3.05, 3.63) is 60.3 Å². The largest absolute Gasteiger partial charge is 0.399 e. The van der Waals surface area contributed by atoms with Crippen molar-refractivity contribution in [3.63, 3.8) is 0 Å². The van der Waals surface area contributed by atoms with Crippen molar-refractivity contribution in [2.45, 2.75) is 6.92 Å². The summed E-state index contributed by atoms with van der Waals surface area (Å²) in [6, 6.07) is 13.9. The summed E-state index contributed by atoms with van der Waals surface area (Å²) in [6.45, 7) is 1.43. The number of nitrogens with two attached hydrogens (primary N) is 1. The van der Waals surface area contributed by atoms with E-state index in [1.165, 1.54) is 18.3 Å². The van der Waals surface area contributed by atoms with Crippen LogP contribution < -0.4 is 21.7 Å². The summed E-state index contributed by atoms with van der Waals surface area (Å²) < 4.78 is 0. The smallest absolute Gasteiger partial charge is 0.256 e. The number of nitrogens with one attached hydrogen (secondary N) is 3. The molecule has 0 unspecified atom stereocenters. The third kappa shape index (κ3) is 4.58. The van der Waals surface area contributed by atoms with Crippen molar-refractivity contribution in [3.8, 4) is 0 Å². The molecule has 2 aromatic carbocycles. The van der Waals surface area contributed by atoms with Crippen LogP contribution in [0.1, 0.15) is 17.3 Å². The fourth-order valence-electron chi connectivity index (χ4n) is 2.17. The Kier molecular flexibility index (Phi) is 5.14. The van der Waals surface area contributed by atoms with Crippen LogP contribution in [0, 0.1) is 0 Å². The van der Waals surface area contributed by atoms with E-state index >= 15 is 0 Å². The van der Waals surface area contributed by atoms with Gasteiger partial charge in [-0.25, -0.2) is 4.98 Å². The van der Waals surface area contributed by atoms with Crippen molar-refractivity contribution in [2.75, 3.05) is 21.7 Å². The van der Waals surface area contributed by atoms with Crippen molar-refractivity contribution in [1.29, 1.82) is 0 Å². The number of anilines is 5. The second-order valence-corrected chi connectivity index (χ2v) is 6.52. The van der Waals surface area contributed by atoms with E-state index in [1.807, 2.05) is 12.1 Å². The van der Waals surface area contributed by atoms with Gasteiger partial charge in [-0.15, -0.1) is 0 Å². The third-order valence-electron chi connectivity index (χ3n) is 3.37. The molecule has 1 aromatic heterocycles. The molecule has 26 heavy (non-hydrogen) atoms. The van der Waals surface area contributed by atoms with Crippen molar-refractivity contribution in [2.24, 2.45) is 0 Å². The van der Waals surface area contributed by atoms with E-state index in [-0.39, 0.29) is 11.8 Å². The van der Waals surface area contributed by atoms with Crippen LogP contribution in [0.2, 0.25) is 0 Å². The molecule has 0 bridgehead atoms. The second-order valence-electron chi connectivity index (χ2n) is 5.49. The summed E-state index contributed by atoms with van der Waals surface area (Å²) >= 11 is 1.32. The van der Waals surface area contributed by atoms with E-state index in [4.69, 9.17) is 5.73 Å². The molecule has 3 rings (SSSR count). The Balaban J connectivity index is 1.62. The molecular weight excluding hydrogens is 350 g/mol. The predicted octanol–water partition coefficient (Wildman–Crippen LogP) is 3.68. The first-order valence-corrected chi connectivity index (χ1v) is 8.58. The van der Waals surface area contributed by atoms with Gasteiger partial charge in [-0.3, -0.25) is 9.59 Å². The van der Waals surface area contributed by atoms with E-state index in [0.29, 0.717) is 27.1 Å². The summed E-state index contributed by atoms with van der Waals surface area (Å²) in [7, 11) is 0. The number of rotatable bonds is 5. The number of carbonyl (C=O) groups excluding carboxylic acids is 2. The molecule has 0 aliphatic rings. The van der Waals surface area contributed by atoms with Crippen LogP contribution in [-0.2, 0) is 4.79 Å². The number of nitrogens with zero attached hydrogens (tertiary/aromatic N) is 1. The van der Waals surface area contributed by atoms with E-state index in [1.54, 1.807) is 42.6 Å². The fourth-order valence-corrected chi connectivity index (χ4v) is 2.90. The van der Waals surface area contributed by atoms with Gasteiger partial charge < -0.3 is 21.7 Å². The van der Waals surface area contributed by atoms with Crippen molar-refractivity contribution < 1.29 is 9.59 Å². The van der Waals surface area contributed by atoms with Crippen LogP contribution >= 0.6 is 11.3 Å². The Labute approximate surface area is 154 Å². The van der Waals surface area contributed by atoms with E-state index in [0.717, 1.165) is 5.69 Å². The quantitative estimate of drug-likeness (QED) is 0.514. The Hall–Kier alpha value is -3.39. The number of carbonyl (C=O) groups is 2. The van der Waals surface area contributed by atoms with Gasteiger partial charge in [0.2, 0.25) is 5.91 Å². The number of thiazole rings is 1. The van der Waals surface area contributed by atoms with Gasteiger partial charge in [-0.05, 0) is 48.5 Å². The van der Waals surface area contributed by atoms with Gasteiger partial charge in [-0.1, -0.05) is 11.3 Å². The highest BCUT2D eigenvalue weighted by Crippen LogP contribution is 2.27. The van der Waals surface area contributed by atoms with Crippen LogP contribution in [0.25, 0.3) is 0 Å².